The molecule has 0 bridgehead atoms. The smallest absolute Gasteiger partial charge is 0.265 e. The summed E-state index contributed by atoms with van der Waals surface area (Å²) in [4.78, 5) is 4.14. The Morgan fingerprint density at radius 2 is 1.90 bits per heavy atom. The normalized spacial score (nSPS) is 11.2. The van der Waals surface area contributed by atoms with Crippen molar-refractivity contribution in [3.8, 4) is 0 Å². The lowest BCUT2D eigenvalue weighted by Gasteiger charge is -2.13. The zero-order valence-electron chi connectivity index (χ0n) is 11.6. The van der Waals surface area contributed by atoms with E-state index >= 15 is 0 Å². The summed E-state index contributed by atoms with van der Waals surface area (Å²) in [5.41, 5.74) is 2.53. The highest BCUT2D eigenvalue weighted by molar-refractivity contribution is 7.92. The summed E-state index contributed by atoms with van der Waals surface area (Å²) >= 11 is 0. The Morgan fingerprint density at radius 1 is 1.15 bits per heavy atom. The lowest BCUT2D eigenvalue weighted by molar-refractivity contribution is 0.601. The van der Waals surface area contributed by atoms with Gasteiger partial charge in [-0.05, 0) is 37.6 Å². The van der Waals surface area contributed by atoms with E-state index in [0.717, 1.165) is 11.1 Å². The largest absolute Gasteiger partial charge is 0.372 e. The lowest BCUT2D eigenvalue weighted by atomic mass is 10.1. The van der Waals surface area contributed by atoms with E-state index in [2.05, 4.69) is 15.0 Å². The summed E-state index contributed by atoms with van der Waals surface area (Å²) in [6.45, 7) is 3.83. The standard InChI is InChI=1S/C14H17N3O2S/c1-10-6-7-12(11(2)9-10)17-20(18,19)13-5-4-8-16-14(13)15-3/h4-9,17H,1-3H3,(H,15,16). The van der Waals surface area contributed by atoms with Crippen molar-refractivity contribution in [1.82, 2.24) is 4.98 Å². The van der Waals surface area contributed by atoms with E-state index in [1.165, 1.54) is 6.07 Å². The van der Waals surface area contributed by atoms with Gasteiger partial charge >= 0.3 is 0 Å². The molecule has 0 saturated heterocycles. The van der Waals surface area contributed by atoms with Gasteiger partial charge in [-0.25, -0.2) is 13.4 Å². The number of anilines is 2. The number of pyridine rings is 1. The monoisotopic (exact) mass is 291 g/mol. The second-order valence-electron chi connectivity index (χ2n) is 4.52. The first-order chi connectivity index (χ1) is 9.44. The van der Waals surface area contributed by atoms with Crippen LogP contribution in [0.3, 0.4) is 0 Å². The van der Waals surface area contributed by atoms with Crippen LogP contribution in [0.2, 0.25) is 0 Å². The first kappa shape index (κ1) is 14.3. The Hall–Kier alpha value is -2.08. The highest BCUT2D eigenvalue weighted by Gasteiger charge is 2.19. The van der Waals surface area contributed by atoms with Gasteiger partial charge < -0.3 is 5.32 Å². The molecule has 20 heavy (non-hydrogen) atoms. The minimum Gasteiger partial charge on any atom is -0.372 e. The fraction of sp³-hybridized carbons (Fsp3) is 0.214. The molecule has 2 aromatic rings. The van der Waals surface area contributed by atoms with Crippen LogP contribution in [0, 0.1) is 13.8 Å². The fourth-order valence-electron chi connectivity index (χ4n) is 1.92. The molecule has 1 aromatic heterocycles. The summed E-state index contributed by atoms with van der Waals surface area (Å²) < 4.78 is 27.5. The van der Waals surface area contributed by atoms with Gasteiger partial charge in [0, 0.05) is 13.2 Å². The van der Waals surface area contributed by atoms with Crippen molar-refractivity contribution in [1.29, 1.82) is 0 Å². The highest BCUT2D eigenvalue weighted by Crippen LogP contribution is 2.23. The van der Waals surface area contributed by atoms with Crippen molar-refractivity contribution < 1.29 is 8.42 Å². The molecule has 0 radical (unpaired) electrons. The van der Waals surface area contributed by atoms with Crippen molar-refractivity contribution in [3.05, 3.63) is 47.7 Å². The molecule has 0 aliphatic carbocycles. The molecule has 1 heterocycles. The van der Waals surface area contributed by atoms with Gasteiger partial charge in [-0.1, -0.05) is 17.7 Å². The number of nitrogens with zero attached hydrogens (tertiary/aromatic N) is 1. The molecule has 0 amide bonds. The average molecular weight is 291 g/mol. The van der Waals surface area contributed by atoms with E-state index in [9.17, 15) is 8.42 Å². The third kappa shape index (κ3) is 2.91. The molecule has 0 unspecified atom stereocenters. The lowest BCUT2D eigenvalue weighted by Crippen LogP contribution is -2.16. The molecule has 2 rings (SSSR count). The zero-order valence-corrected chi connectivity index (χ0v) is 12.5. The Labute approximate surface area is 119 Å². The van der Waals surface area contributed by atoms with Crippen LogP contribution in [-0.4, -0.2) is 20.4 Å². The van der Waals surface area contributed by atoms with Crippen LogP contribution in [0.1, 0.15) is 11.1 Å². The third-order valence-electron chi connectivity index (χ3n) is 2.92. The topological polar surface area (TPSA) is 71.1 Å². The van der Waals surface area contributed by atoms with Gasteiger partial charge in [-0.2, -0.15) is 0 Å². The summed E-state index contributed by atoms with van der Waals surface area (Å²) in [5, 5.41) is 2.78. The summed E-state index contributed by atoms with van der Waals surface area (Å²) in [7, 11) is -2.03. The first-order valence-corrected chi connectivity index (χ1v) is 7.65. The van der Waals surface area contributed by atoms with Gasteiger partial charge in [-0.3, -0.25) is 4.72 Å². The van der Waals surface area contributed by atoms with Crippen LogP contribution in [0.15, 0.2) is 41.4 Å². The molecule has 106 valence electrons. The molecule has 0 aliphatic heterocycles. The SMILES string of the molecule is CNc1ncccc1S(=O)(=O)Nc1ccc(C)cc1C. The molecule has 0 spiro atoms. The molecular weight excluding hydrogens is 274 g/mol. The van der Waals surface area contributed by atoms with E-state index < -0.39 is 10.0 Å². The fourth-order valence-corrected chi connectivity index (χ4v) is 3.22. The van der Waals surface area contributed by atoms with Crippen LogP contribution in [0.25, 0.3) is 0 Å². The number of aryl methyl sites for hydroxylation is 2. The predicted molar refractivity (Wildman–Crippen MR) is 80.5 cm³/mol. The molecule has 0 fully saturated rings. The number of hydrogen-bond acceptors (Lipinski definition) is 4. The van der Waals surface area contributed by atoms with Crippen LogP contribution < -0.4 is 10.0 Å². The van der Waals surface area contributed by atoms with Crippen molar-refractivity contribution in [2.75, 3.05) is 17.1 Å². The number of nitrogens with one attached hydrogen (secondary N) is 2. The minimum absolute atomic E-state index is 0.127. The Morgan fingerprint density at radius 3 is 2.55 bits per heavy atom. The molecule has 5 nitrogen and oxygen atoms in total. The quantitative estimate of drug-likeness (QED) is 0.908. The van der Waals surface area contributed by atoms with Crippen LogP contribution >= 0.6 is 0 Å². The van der Waals surface area contributed by atoms with Crippen molar-refractivity contribution in [2.24, 2.45) is 0 Å². The maximum absolute atomic E-state index is 12.4. The highest BCUT2D eigenvalue weighted by atomic mass is 32.2. The molecule has 1 aromatic carbocycles. The average Bonchev–Trinajstić information content (AvgIpc) is 2.42. The van der Waals surface area contributed by atoms with E-state index in [4.69, 9.17) is 0 Å². The second-order valence-corrected chi connectivity index (χ2v) is 6.17. The zero-order chi connectivity index (χ0) is 14.8. The third-order valence-corrected chi connectivity index (χ3v) is 4.32. The van der Waals surface area contributed by atoms with E-state index in [1.54, 1.807) is 25.4 Å². The number of aromatic nitrogens is 1. The molecule has 0 aliphatic rings. The van der Waals surface area contributed by atoms with Gasteiger partial charge in [0.15, 0.2) is 0 Å². The van der Waals surface area contributed by atoms with Gasteiger partial charge in [0.25, 0.3) is 10.0 Å². The van der Waals surface area contributed by atoms with Crippen LogP contribution in [-0.2, 0) is 10.0 Å². The summed E-state index contributed by atoms with van der Waals surface area (Å²) in [6.07, 6.45) is 1.54. The number of hydrogen-bond donors (Lipinski definition) is 2. The molecule has 6 heteroatoms. The summed E-state index contributed by atoms with van der Waals surface area (Å²) in [6, 6.07) is 8.67. The van der Waals surface area contributed by atoms with Crippen molar-refractivity contribution >= 4 is 21.5 Å². The van der Waals surface area contributed by atoms with Gasteiger partial charge in [0.05, 0.1) is 5.69 Å². The van der Waals surface area contributed by atoms with Crippen LogP contribution in [0.5, 0.6) is 0 Å². The molecule has 0 saturated carbocycles. The summed E-state index contributed by atoms with van der Waals surface area (Å²) in [5.74, 6) is 0.324. The second kappa shape index (κ2) is 5.50. The maximum Gasteiger partial charge on any atom is 0.265 e. The van der Waals surface area contributed by atoms with E-state index in [-0.39, 0.29) is 4.90 Å². The number of rotatable bonds is 4. The Balaban J connectivity index is 2.41. The molecular formula is C14H17N3O2S. The molecule has 0 atom stereocenters. The number of sulfonamides is 1. The molecule has 2 N–H and O–H groups in total. The Bertz CT molecular complexity index is 727. The van der Waals surface area contributed by atoms with Crippen molar-refractivity contribution in [2.45, 2.75) is 18.7 Å². The van der Waals surface area contributed by atoms with Crippen molar-refractivity contribution in [3.63, 3.8) is 0 Å². The van der Waals surface area contributed by atoms with Gasteiger partial charge in [0.1, 0.15) is 10.7 Å². The Kier molecular flexibility index (Phi) is 3.94. The minimum atomic E-state index is -3.67. The van der Waals surface area contributed by atoms with Gasteiger partial charge in [0.2, 0.25) is 0 Å². The maximum atomic E-state index is 12.4. The van der Waals surface area contributed by atoms with Gasteiger partial charge in [-0.15, -0.1) is 0 Å². The van der Waals surface area contributed by atoms with E-state index in [0.29, 0.717) is 11.5 Å². The first-order valence-electron chi connectivity index (χ1n) is 6.17. The number of benzene rings is 1. The van der Waals surface area contributed by atoms with E-state index in [1.807, 2.05) is 26.0 Å². The predicted octanol–water partition coefficient (Wildman–Crippen LogP) is 2.54. The van der Waals surface area contributed by atoms with Crippen LogP contribution in [0.4, 0.5) is 11.5 Å².